The van der Waals surface area contributed by atoms with Crippen molar-refractivity contribution in [3.05, 3.63) is 115 Å². The van der Waals surface area contributed by atoms with Gasteiger partial charge in [-0.2, -0.15) is 0 Å². The summed E-state index contributed by atoms with van der Waals surface area (Å²) in [5.41, 5.74) is 2.78. The second kappa shape index (κ2) is 8.12. The molecule has 0 radical (unpaired) electrons. The van der Waals surface area contributed by atoms with E-state index in [1.54, 1.807) is 0 Å². The van der Waals surface area contributed by atoms with Crippen molar-refractivity contribution in [1.82, 2.24) is 0 Å². The predicted molar refractivity (Wildman–Crippen MR) is 116 cm³/mol. The Hall–Kier alpha value is -3.02. The molecule has 1 nitrogen and oxygen atoms in total. The van der Waals surface area contributed by atoms with Crippen LogP contribution in [0, 0.1) is 0 Å². The third kappa shape index (κ3) is 3.74. The first kappa shape index (κ1) is 17.4. The van der Waals surface area contributed by atoms with Gasteiger partial charge >= 0.3 is 0 Å². The molecule has 27 heavy (non-hydrogen) atoms. The Morgan fingerprint density at radius 1 is 0.556 bits per heavy atom. The molecule has 4 aromatic rings. The minimum atomic E-state index is -0.655. The third-order valence-corrected chi connectivity index (χ3v) is 6.96. The first-order chi connectivity index (χ1) is 13.4. The van der Waals surface area contributed by atoms with Crippen molar-refractivity contribution in [2.75, 3.05) is 0 Å². The molecule has 0 saturated carbocycles. The molecule has 0 aromatic heterocycles. The molecule has 4 rings (SSSR count). The van der Waals surface area contributed by atoms with Crippen LogP contribution < -0.4 is 15.9 Å². The Bertz CT molecular complexity index is 1000. The van der Waals surface area contributed by atoms with E-state index < -0.39 is 7.92 Å². The largest absolute Gasteiger partial charge is 0.298 e. The molecule has 0 saturated heterocycles. The highest BCUT2D eigenvalue weighted by atomic mass is 31.1. The average Bonchev–Trinajstić information content (AvgIpc) is 2.76. The summed E-state index contributed by atoms with van der Waals surface area (Å²) in [5.74, 6) is 0. The van der Waals surface area contributed by atoms with Crippen LogP contribution in [0.2, 0.25) is 0 Å². The molecule has 0 fully saturated rings. The van der Waals surface area contributed by atoms with Gasteiger partial charge in [-0.05, 0) is 41.0 Å². The van der Waals surface area contributed by atoms with Crippen molar-refractivity contribution in [1.29, 1.82) is 0 Å². The van der Waals surface area contributed by atoms with Crippen LogP contribution in [0.5, 0.6) is 0 Å². The molecular formula is C25H19OP. The van der Waals surface area contributed by atoms with Crippen LogP contribution in [0.1, 0.15) is 10.4 Å². The summed E-state index contributed by atoms with van der Waals surface area (Å²) in [6.45, 7) is 0. The van der Waals surface area contributed by atoms with E-state index in [0.29, 0.717) is 0 Å². The van der Waals surface area contributed by atoms with Gasteiger partial charge in [-0.1, -0.05) is 103 Å². The van der Waals surface area contributed by atoms with E-state index in [-0.39, 0.29) is 0 Å². The topological polar surface area (TPSA) is 17.1 Å². The minimum absolute atomic E-state index is 0.655. The number of hydrogen-bond acceptors (Lipinski definition) is 1. The molecular weight excluding hydrogens is 347 g/mol. The molecule has 0 heterocycles. The van der Waals surface area contributed by atoms with Crippen molar-refractivity contribution >= 4 is 30.1 Å². The normalized spacial score (nSPS) is 10.7. The summed E-state index contributed by atoms with van der Waals surface area (Å²) in [4.78, 5) is 11.5. The monoisotopic (exact) mass is 366 g/mol. The fourth-order valence-electron chi connectivity index (χ4n) is 3.28. The molecule has 0 spiro atoms. The van der Waals surface area contributed by atoms with Crippen molar-refractivity contribution in [2.45, 2.75) is 0 Å². The maximum Gasteiger partial charge on any atom is 0.150 e. The first-order valence-corrected chi connectivity index (χ1v) is 10.3. The molecule has 130 valence electrons. The van der Waals surface area contributed by atoms with Crippen molar-refractivity contribution in [3.8, 4) is 11.1 Å². The summed E-state index contributed by atoms with van der Waals surface area (Å²) >= 11 is 0. The van der Waals surface area contributed by atoms with E-state index in [4.69, 9.17) is 0 Å². The quantitative estimate of drug-likeness (QED) is 0.362. The van der Waals surface area contributed by atoms with Crippen LogP contribution in [-0.4, -0.2) is 6.29 Å². The van der Waals surface area contributed by atoms with Gasteiger partial charge in [0.15, 0.2) is 6.29 Å². The van der Waals surface area contributed by atoms with Gasteiger partial charge < -0.3 is 0 Å². The summed E-state index contributed by atoms with van der Waals surface area (Å²) in [6.07, 6.45) is 0.930. The smallest absolute Gasteiger partial charge is 0.150 e. The molecule has 0 aliphatic rings. The van der Waals surface area contributed by atoms with E-state index in [1.165, 1.54) is 15.9 Å². The van der Waals surface area contributed by atoms with Crippen LogP contribution in [0.25, 0.3) is 11.1 Å². The zero-order valence-electron chi connectivity index (χ0n) is 14.8. The second-order valence-electron chi connectivity index (χ2n) is 6.26. The summed E-state index contributed by atoms with van der Waals surface area (Å²) < 4.78 is 0. The minimum Gasteiger partial charge on any atom is -0.298 e. The van der Waals surface area contributed by atoms with Gasteiger partial charge in [0.05, 0.1) is 0 Å². The van der Waals surface area contributed by atoms with Gasteiger partial charge in [0.25, 0.3) is 0 Å². The molecule has 2 heteroatoms. The SMILES string of the molecule is O=Cc1ccccc1-c1cccc(P(c2ccccc2)c2ccccc2)c1. The Morgan fingerprint density at radius 2 is 1.11 bits per heavy atom. The highest BCUT2D eigenvalue weighted by Gasteiger charge is 2.17. The lowest BCUT2D eigenvalue weighted by molar-refractivity contribution is 0.112. The van der Waals surface area contributed by atoms with E-state index in [0.717, 1.165) is 23.0 Å². The van der Waals surface area contributed by atoms with Crippen molar-refractivity contribution < 1.29 is 4.79 Å². The van der Waals surface area contributed by atoms with Gasteiger partial charge in [-0.3, -0.25) is 4.79 Å². The molecule has 0 atom stereocenters. The van der Waals surface area contributed by atoms with E-state index >= 15 is 0 Å². The van der Waals surface area contributed by atoms with Crippen LogP contribution in [-0.2, 0) is 0 Å². The van der Waals surface area contributed by atoms with Crippen molar-refractivity contribution in [2.24, 2.45) is 0 Å². The predicted octanol–water partition coefficient (Wildman–Crippen LogP) is 4.92. The molecule has 4 aromatic carbocycles. The van der Waals surface area contributed by atoms with Gasteiger partial charge in [0.1, 0.15) is 0 Å². The van der Waals surface area contributed by atoms with Crippen LogP contribution in [0.15, 0.2) is 109 Å². The van der Waals surface area contributed by atoms with Crippen LogP contribution in [0.4, 0.5) is 0 Å². The molecule has 0 aliphatic heterocycles. The maximum absolute atomic E-state index is 11.5. The highest BCUT2D eigenvalue weighted by molar-refractivity contribution is 7.79. The van der Waals surface area contributed by atoms with Crippen LogP contribution >= 0.6 is 7.92 Å². The van der Waals surface area contributed by atoms with Gasteiger partial charge in [-0.15, -0.1) is 0 Å². The van der Waals surface area contributed by atoms with Crippen molar-refractivity contribution in [3.63, 3.8) is 0 Å². The zero-order chi connectivity index (χ0) is 18.5. The Balaban J connectivity index is 1.86. The number of carbonyl (C=O) groups is 1. The van der Waals surface area contributed by atoms with Gasteiger partial charge in [0, 0.05) is 5.56 Å². The Kier molecular flexibility index (Phi) is 5.23. The van der Waals surface area contributed by atoms with Crippen LogP contribution in [0.3, 0.4) is 0 Å². The lowest BCUT2D eigenvalue weighted by Crippen LogP contribution is -2.20. The second-order valence-corrected chi connectivity index (χ2v) is 8.48. The fraction of sp³-hybridized carbons (Fsp3) is 0. The lowest BCUT2D eigenvalue weighted by atomic mass is 10.0. The fourth-order valence-corrected chi connectivity index (χ4v) is 5.61. The third-order valence-electron chi connectivity index (χ3n) is 4.53. The first-order valence-electron chi connectivity index (χ1n) is 8.92. The summed E-state index contributed by atoms with van der Waals surface area (Å²) in [7, 11) is -0.655. The molecule has 0 amide bonds. The van der Waals surface area contributed by atoms with Gasteiger partial charge in [-0.25, -0.2) is 0 Å². The summed E-state index contributed by atoms with van der Waals surface area (Å²) in [5, 5.41) is 3.92. The van der Waals surface area contributed by atoms with Gasteiger partial charge in [0.2, 0.25) is 0 Å². The molecule has 0 bridgehead atoms. The standard InChI is InChI=1S/C25H19OP/c26-19-21-10-7-8-17-25(21)20-11-9-16-24(18-20)27(22-12-3-1-4-13-22)23-14-5-2-6-15-23/h1-19H. The number of carbonyl (C=O) groups excluding carboxylic acids is 1. The molecule has 0 unspecified atom stereocenters. The number of benzene rings is 4. The highest BCUT2D eigenvalue weighted by Crippen LogP contribution is 2.34. The maximum atomic E-state index is 11.5. The zero-order valence-corrected chi connectivity index (χ0v) is 15.7. The lowest BCUT2D eigenvalue weighted by Gasteiger charge is -2.20. The Morgan fingerprint density at radius 3 is 1.74 bits per heavy atom. The van der Waals surface area contributed by atoms with E-state index in [1.807, 2.05) is 24.3 Å². The Labute approximate surface area is 161 Å². The molecule has 0 N–H and O–H groups in total. The van der Waals surface area contributed by atoms with E-state index in [9.17, 15) is 4.79 Å². The number of rotatable bonds is 5. The number of hydrogen-bond donors (Lipinski definition) is 0. The average molecular weight is 366 g/mol. The molecule has 0 aliphatic carbocycles. The summed E-state index contributed by atoms with van der Waals surface area (Å²) in [6, 6.07) is 37.6. The van der Waals surface area contributed by atoms with E-state index in [2.05, 4.69) is 84.9 Å². The number of aldehydes is 1.